The molecule has 0 spiro atoms. The zero-order valence-electron chi connectivity index (χ0n) is 10.3. The molecule has 98 valence electrons. The van der Waals surface area contributed by atoms with Crippen LogP contribution in [0.5, 0.6) is 0 Å². The van der Waals surface area contributed by atoms with E-state index in [1.807, 2.05) is 18.2 Å². The van der Waals surface area contributed by atoms with E-state index in [1.54, 1.807) is 11.3 Å². The van der Waals surface area contributed by atoms with Gasteiger partial charge < -0.3 is 16.8 Å². The highest BCUT2D eigenvalue weighted by molar-refractivity contribution is 7.15. The number of thiazole rings is 1. The number of guanidine groups is 1. The smallest absolute Gasteiger partial charge is 0.212 e. The predicted octanol–water partition coefficient (Wildman–Crippen LogP) is 1.28. The van der Waals surface area contributed by atoms with Crippen LogP contribution in [0.1, 0.15) is 22.2 Å². The second-order valence-corrected chi connectivity index (χ2v) is 5.45. The van der Waals surface area contributed by atoms with Gasteiger partial charge in [0.05, 0.1) is 11.7 Å². The fourth-order valence-corrected chi connectivity index (χ4v) is 3.25. The van der Waals surface area contributed by atoms with E-state index < -0.39 is 0 Å². The molecule has 5 nitrogen and oxygen atoms in total. The minimum Gasteiger partial charge on any atom is -0.370 e. The number of rotatable bonds is 2. The van der Waals surface area contributed by atoms with Crippen molar-refractivity contribution in [2.24, 2.45) is 16.5 Å². The summed E-state index contributed by atoms with van der Waals surface area (Å²) < 4.78 is 0. The second-order valence-electron chi connectivity index (χ2n) is 4.39. The van der Waals surface area contributed by atoms with Gasteiger partial charge >= 0.3 is 0 Å². The molecule has 0 radical (unpaired) electrons. The standard InChI is InChI=1S/C13H15N5S/c14-12(15)18-13-17-11-9(19-13)6-7-16-10(11)8-4-2-1-3-5-8/h1-5,10,16H,6-7H2,(H4,14,15,17,18)/t10-/m0/s1. The van der Waals surface area contributed by atoms with Crippen molar-refractivity contribution in [3.05, 3.63) is 46.5 Å². The Morgan fingerprint density at radius 1 is 1.32 bits per heavy atom. The van der Waals surface area contributed by atoms with Crippen molar-refractivity contribution >= 4 is 22.4 Å². The second kappa shape index (κ2) is 4.99. The van der Waals surface area contributed by atoms with Gasteiger partial charge in [-0.2, -0.15) is 4.99 Å². The van der Waals surface area contributed by atoms with Crippen LogP contribution >= 0.6 is 11.3 Å². The summed E-state index contributed by atoms with van der Waals surface area (Å²) in [7, 11) is 0. The van der Waals surface area contributed by atoms with Gasteiger partial charge in [0.15, 0.2) is 5.96 Å². The lowest BCUT2D eigenvalue weighted by Crippen LogP contribution is -2.30. The van der Waals surface area contributed by atoms with Gasteiger partial charge in [-0.3, -0.25) is 0 Å². The van der Waals surface area contributed by atoms with Gasteiger partial charge in [0.25, 0.3) is 0 Å². The largest absolute Gasteiger partial charge is 0.370 e. The molecule has 2 aromatic rings. The summed E-state index contributed by atoms with van der Waals surface area (Å²) in [4.78, 5) is 9.86. The number of nitrogens with two attached hydrogens (primary N) is 2. The molecule has 2 heterocycles. The number of nitrogens with zero attached hydrogens (tertiary/aromatic N) is 2. The highest BCUT2D eigenvalue weighted by Crippen LogP contribution is 2.34. The highest BCUT2D eigenvalue weighted by Gasteiger charge is 2.25. The molecular formula is C13H15N5S. The third-order valence-corrected chi connectivity index (χ3v) is 4.07. The fraction of sp³-hybridized carbons (Fsp3) is 0.231. The lowest BCUT2D eigenvalue weighted by Gasteiger charge is -2.23. The van der Waals surface area contributed by atoms with E-state index in [0.29, 0.717) is 5.13 Å². The predicted molar refractivity (Wildman–Crippen MR) is 77.6 cm³/mol. The molecule has 0 aliphatic carbocycles. The maximum Gasteiger partial charge on any atom is 0.212 e. The lowest BCUT2D eigenvalue weighted by molar-refractivity contribution is 0.561. The van der Waals surface area contributed by atoms with Crippen molar-refractivity contribution in [2.75, 3.05) is 6.54 Å². The molecule has 0 amide bonds. The molecule has 1 aromatic carbocycles. The van der Waals surface area contributed by atoms with Crippen LogP contribution in [-0.4, -0.2) is 17.5 Å². The molecule has 1 aliphatic heterocycles. The molecule has 3 rings (SSSR count). The van der Waals surface area contributed by atoms with Crippen LogP contribution in [0.25, 0.3) is 0 Å². The summed E-state index contributed by atoms with van der Waals surface area (Å²) in [5, 5.41) is 4.13. The third-order valence-electron chi connectivity index (χ3n) is 3.05. The van der Waals surface area contributed by atoms with E-state index in [0.717, 1.165) is 18.7 Å². The molecule has 1 aromatic heterocycles. The van der Waals surface area contributed by atoms with E-state index in [4.69, 9.17) is 11.5 Å². The van der Waals surface area contributed by atoms with Gasteiger partial charge in [-0.05, 0) is 12.0 Å². The first kappa shape index (κ1) is 12.1. The van der Waals surface area contributed by atoms with Crippen molar-refractivity contribution in [3.8, 4) is 0 Å². The van der Waals surface area contributed by atoms with Crippen LogP contribution in [0.2, 0.25) is 0 Å². The minimum absolute atomic E-state index is 0.0512. The Labute approximate surface area is 115 Å². The maximum absolute atomic E-state index is 5.41. The normalized spacial score (nSPS) is 17.8. The first-order chi connectivity index (χ1) is 9.24. The Balaban J connectivity index is 2.00. The summed E-state index contributed by atoms with van der Waals surface area (Å²) in [5.41, 5.74) is 13.1. The average Bonchev–Trinajstić information content (AvgIpc) is 2.80. The van der Waals surface area contributed by atoms with Crippen LogP contribution in [-0.2, 0) is 6.42 Å². The molecule has 0 unspecified atom stereocenters. The zero-order chi connectivity index (χ0) is 13.2. The van der Waals surface area contributed by atoms with Crippen LogP contribution in [0, 0.1) is 0 Å². The van der Waals surface area contributed by atoms with Crippen molar-refractivity contribution in [1.82, 2.24) is 10.3 Å². The molecule has 6 heteroatoms. The van der Waals surface area contributed by atoms with E-state index >= 15 is 0 Å². The van der Waals surface area contributed by atoms with Crippen molar-refractivity contribution in [3.63, 3.8) is 0 Å². The van der Waals surface area contributed by atoms with E-state index in [1.165, 1.54) is 10.4 Å². The molecule has 0 saturated heterocycles. The van der Waals surface area contributed by atoms with Crippen LogP contribution < -0.4 is 16.8 Å². The number of benzene rings is 1. The lowest BCUT2D eigenvalue weighted by atomic mass is 9.99. The zero-order valence-corrected chi connectivity index (χ0v) is 11.2. The van der Waals surface area contributed by atoms with Crippen molar-refractivity contribution < 1.29 is 0 Å². The molecule has 0 fully saturated rings. The summed E-state index contributed by atoms with van der Waals surface area (Å²) in [5.74, 6) is 0.0512. The third kappa shape index (κ3) is 2.45. The Morgan fingerprint density at radius 2 is 2.11 bits per heavy atom. The van der Waals surface area contributed by atoms with Gasteiger partial charge in [0.2, 0.25) is 5.13 Å². The summed E-state index contributed by atoms with van der Waals surface area (Å²) in [6.45, 7) is 0.940. The summed E-state index contributed by atoms with van der Waals surface area (Å²) >= 11 is 1.56. The molecule has 1 atom stereocenters. The van der Waals surface area contributed by atoms with Crippen LogP contribution in [0.4, 0.5) is 5.13 Å². The summed E-state index contributed by atoms with van der Waals surface area (Å²) in [6, 6.07) is 10.4. The molecule has 0 saturated carbocycles. The van der Waals surface area contributed by atoms with Gasteiger partial charge in [-0.1, -0.05) is 41.7 Å². The number of hydrogen-bond donors (Lipinski definition) is 3. The first-order valence-electron chi connectivity index (χ1n) is 6.11. The molecule has 19 heavy (non-hydrogen) atoms. The number of aromatic nitrogens is 1. The number of nitrogens with one attached hydrogen (secondary N) is 1. The fourth-order valence-electron chi connectivity index (χ4n) is 2.26. The van der Waals surface area contributed by atoms with Crippen molar-refractivity contribution in [1.29, 1.82) is 0 Å². The molecule has 1 aliphatic rings. The van der Waals surface area contributed by atoms with Crippen LogP contribution in [0.15, 0.2) is 35.3 Å². The Hall–Kier alpha value is -1.92. The Morgan fingerprint density at radius 3 is 2.84 bits per heavy atom. The van der Waals surface area contributed by atoms with Gasteiger partial charge in [0, 0.05) is 11.4 Å². The monoisotopic (exact) mass is 273 g/mol. The first-order valence-corrected chi connectivity index (χ1v) is 6.93. The van der Waals surface area contributed by atoms with Crippen molar-refractivity contribution in [2.45, 2.75) is 12.5 Å². The van der Waals surface area contributed by atoms with Gasteiger partial charge in [0.1, 0.15) is 0 Å². The highest BCUT2D eigenvalue weighted by atomic mass is 32.1. The van der Waals surface area contributed by atoms with Gasteiger partial charge in [-0.15, -0.1) is 0 Å². The number of aliphatic imine (C=N–C) groups is 1. The van der Waals surface area contributed by atoms with E-state index in [-0.39, 0.29) is 12.0 Å². The molecular weight excluding hydrogens is 258 g/mol. The molecule has 0 bridgehead atoms. The Kier molecular flexibility index (Phi) is 3.18. The minimum atomic E-state index is 0.0512. The van der Waals surface area contributed by atoms with Crippen LogP contribution in [0.3, 0.4) is 0 Å². The number of fused-ring (bicyclic) bond motifs is 1. The summed E-state index contributed by atoms with van der Waals surface area (Å²) in [6.07, 6.45) is 0.969. The topological polar surface area (TPSA) is 89.3 Å². The van der Waals surface area contributed by atoms with Gasteiger partial charge in [-0.25, -0.2) is 4.98 Å². The maximum atomic E-state index is 5.41. The SMILES string of the molecule is NC(N)=Nc1nc2c(s1)CCN[C@H]2c1ccccc1. The van der Waals surface area contributed by atoms with E-state index in [9.17, 15) is 0 Å². The molecule has 5 N–H and O–H groups in total. The Bertz CT molecular complexity index is 601. The number of hydrogen-bond acceptors (Lipinski definition) is 4. The quantitative estimate of drug-likeness (QED) is 0.568. The van der Waals surface area contributed by atoms with E-state index in [2.05, 4.69) is 27.4 Å². The average molecular weight is 273 g/mol.